The van der Waals surface area contributed by atoms with E-state index in [9.17, 15) is 0 Å². The van der Waals surface area contributed by atoms with Gasteiger partial charge in [-0.1, -0.05) is 13.8 Å². The van der Waals surface area contributed by atoms with E-state index in [4.69, 9.17) is 5.73 Å². The Morgan fingerprint density at radius 2 is 1.77 bits per heavy atom. The lowest BCUT2D eigenvalue weighted by Crippen LogP contribution is -2.63. The van der Waals surface area contributed by atoms with Gasteiger partial charge in [0.1, 0.15) is 0 Å². The van der Waals surface area contributed by atoms with E-state index < -0.39 is 0 Å². The zero-order chi connectivity index (χ0) is 9.53. The van der Waals surface area contributed by atoms with Crippen molar-refractivity contribution in [1.29, 1.82) is 0 Å². The highest BCUT2D eigenvalue weighted by Crippen LogP contribution is 2.55. The average molecular weight is 182 g/mol. The zero-order valence-electron chi connectivity index (χ0n) is 8.97. The lowest BCUT2D eigenvalue weighted by atomic mass is 9.83. The second-order valence-electron chi connectivity index (χ2n) is 4.99. The van der Waals surface area contributed by atoms with E-state index in [0.717, 1.165) is 12.0 Å². The van der Waals surface area contributed by atoms with Gasteiger partial charge in [-0.3, -0.25) is 4.90 Å². The van der Waals surface area contributed by atoms with Gasteiger partial charge in [-0.05, 0) is 31.1 Å². The van der Waals surface area contributed by atoms with Gasteiger partial charge in [0.2, 0.25) is 0 Å². The van der Waals surface area contributed by atoms with Gasteiger partial charge in [0, 0.05) is 25.2 Å². The maximum Gasteiger partial charge on any atom is 0.0327 e. The van der Waals surface area contributed by atoms with Crippen LogP contribution in [0.25, 0.3) is 0 Å². The Balaban J connectivity index is 1.96. The van der Waals surface area contributed by atoms with Crippen LogP contribution in [0.4, 0.5) is 0 Å². The number of nitrogens with two attached hydrogens (primary N) is 1. The molecule has 1 saturated heterocycles. The normalized spacial score (nSPS) is 26.1. The van der Waals surface area contributed by atoms with E-state index in [2.05, 4.69) is 18.7 Å². The fourth-order valence-electron chi connectivity index (χ4n) is 2.71. The van der Waals surface area contributed by atoms with E-state index in [1.165, 1.54) is 38.8 Å². The minimum Gasteiger partial charge on any atom is -0.329 e. The standard InChI is InChI=1S/C11H22N2/c1-3-11(4-2,7-12)13-8-10(9-13)5-6-10/h3-9,12H2,1-2H3. The molecule has 0 atom stereocenters. The maximum atomic E-state index is 5.91. The van der Waals surface area contributed by atoms with Crippen LogP contribution in [-0.2, 0) is 0 Å². The molecule has 76 valence electrons. The van der Waals surface area contributed by atoms with Gasteiger partial charge in [0.15, 0.2) is 0 Å². The average Bonchev–Trinajstić information content (AvgIpc) is 2.87. The first-order valence-electron chi connectivity index (χ1n) is 5.65. The van der Waals surface area contributed by atoms with Gasteiger partial charge in [0.25, 0.3) is 0 Å². The van der Waals surface area contributed by atoms with Crippen molar-refractivity contribution in [1.82, 2.24) is 4.90 Å². The van der Waals surface area contributed by atoms with E-state index in [0.29, 0.717) is 5.54 Å². The van der Waals surface area contributed by atoms with Crippen LogP contribution >= 0.6 is 0 Å². The molecule has 13 heavy (non-hydrogen) atoms. The van der Waals surface area contributed by atoms with E-state index in [1.54, 1.807) is 0 Å². The van der Waals surface area contributed by atoms with Crippen molar-refractivity contribution in [2.75, 3.05) is 19.6 Å². The summed E-state index contributed by atoms with van der Waals surface area (Å²) in [4.78, 5) is 2.62. The van der Waals surface area contributed by atoms with Crippen molar-refractivity contribution < 1.29 is 0 Å². The summed E-state index contributed by atoms with van der Waals surface area (Å²) in [5.74, 6) is 0. The summed E-state index contributed by atoms with van der Waals surface area (Å²) in [5, 5.41) is 0. The third kappa shape index (κ3) is 1.31. The Morgan fingerprint density at radius 3 is 2.08 bits per heavy atom. The van der Waals surface area contributed by atoms with Crippen LogP contribution in [0.2, 0.25) is 0 Å². The van der Waals surface area contributed by atoms with Crippen LogP contribution in [-0.4, -0.2) is 30.1 Å². The Bertz CT molecular complexity index is 176. The molecule has 2 rings (SSSR count). The van der Waals surface area contributed by atoms with Gasteiger partial charge in [-0.25, -0.2) is 0 Å². The number of nitrogens with zero attached hydrogens (tertiary/aromatic N) is 1. The Kier molecular flexibility index (Phi) is 2.16. The lowest BCUT2D eigenvalue weighted by Gasteiger charge is -2.52. The summed E-state index contributed by atoms with van der Waals surface area (Å²) in [6.45, 7) is 8.02. The predicted octanol–water partition coefficient (Wildman–Crippen LogP) is 1.60. The maximum absolute atomic E-state index is 5.91. The van der Waals surface area contributed by atoms with E-state index >= 15 is 0 Å². The minimum absolute atomic E-state index is 0.327. The molecule has 0 aromatic carbocycles. The fraction of sp³-hybridized carbons (Fsp3) is 1.00. The monoisotopic (exact) mass is 182 g/mol. The molecule has 1 saturated carbocycles. The molecule has 1 aliphatic carbocycles. The van der Waals surface area contributed by atoms with Crippen LogP contribution in [0.3, 0.4) is 0 Å². The number of hydrogen-bond donors (Lipinski definition) is 1. The number of likely N-dealkylation sites (tertiary alicyclic amines) is 1. The molecule has 0 aromatic heterocycles. The number of hydrogen-bond acceptors (Lipinski definition) is 2. The van der Waals surface area contributed by atoms with E-state index in [-0.39, 0.29) is 0 Å². The molecule has 1 aliphatic heterocycles. The van der Waals surface area contributed by atoms with Crippen molar-refractivity contribution in [3.05, 3.63) is 0 Å². The number of rotatable bonds is 4. The van der Waals surface area contributed by atoms with Gasteiger partial charge in [0.05, 0.1) is 0 Å². The van der Waals surface area contributed by atoms with Gasteiger partial charge < -0.3 is 5.73 Å². The fourth-order valence-corrected chi connectivity index (χ4v) is 2.71. The van der Waals surface area contributed by atoms with Crippen LogP contribution in [0.15, 0.2) is 0 Å². The van der Waals surface area contributed by atoms with Crippen LogP contribution in [0.5, 0.6) is 0 Å². The smallest absolute Gasteiger partial charge is 0.0327 e. The van der Waals surface area contributed by atoms with E-state index in [1.807, 2.05) is 0 Å². The highest BCUT2D eigenvalue weighted by molar-refractivity contribution is 5.10. The van der Waals surface area contributed by atoms with Crippen molar-refractivity contribution in [2.24, 2.45) is 11.1 Å². The molecule has 0 amide bonds. The predicted molar refractivity (Wildman–Crippen MR) is 55.6 cm³/mol. The molecule has 2 aliphatic rings. The Morgan fingerprint density at radius 1 is 1.23 bits per heavy atom. The molecule has 0 bridgehead atoms. The Labute approximate surface area is 81.5 Å². The summed E-state index contributed by atoms with van der Waals surface area (Å²) < 4.78 is 0. The largest absolute Gasteiger partial charge is 0.329 e. The summed E-state index contributed by atoms with van der Waals surface area (Å²) >= 11 is 0. The quantitative estimate of drug-likeness (QED) is 0.715. The molecule has 1 spiro atoms. The van der Waals surface area contributed by atoms with Gasteiger partial charge in [-0.2, -0.15) is 0 Å². The molecule has 2 fully saturated rings. The molecular formula is C11H22N2. The highest BCUT2D eigenvalue weighted by Gasteiger charge is 2.56. The summed E-state index contributed by atoms with van der Waals surface area (Å²) in [6.07, 6.45) is 5.35. The minimum atomic E-state index is 0.327. The molecule has 0 unspecified atom stereocenters. The summed E-state index contributed by atoms with van der Waals surface area (Å²) in [7, 11) is 0. The second kappa shape index (κ2) is 2.96. The molecule has 2 N–H and O–H groups in total. The molecular weight excluding hydrogens is 160 g/mol. The molecule has 1 heterocycles. The lowest BCUT2D eigenvalue weighted by molar-refractivity contribution is -0.0294. The summed E-state index contributed by atoms with van der Waals surface area (Å²) in [5.41, 5.74) is 7.00. The highest BCUT2D eigenvalue weighted by atomic mass is 15.3. The molecule has 0 aromatic rings. The SMILES string of the molecule is CCC(CC)(CN)N1CC2(CC2)C1. The van der Waals surface area contributed by atoms with Crippen molar-refractivity contribution in [3.63, 3.8) is 0 Å². The zero-order valence-corrected chi connectivity index (χ0v) is 8.97. The summed E-state index contributed by atoms with van der Waals surface area (Å²) in [6, 6.07) is 0. The van der Waals surface area contributed by atoms with Crippen molar-refractivity contribution >= 4 is 0 Å². The van der Waals surface area contributed by atoms with Crippen molar-refractivity contribution in [2.45, 2.75) is 45.1 Å². The first-order valence-corrected chi connectivity index (χ1v) is 5.65. The first-order chi connectivity index (χ1) is 6.20. The van der Waals surface area contributed by atoms with Gasteiger partial charge in [-0.15, -0.1) is 0 Å². The van der Waals surface area contributed by atoms with Crippen molar-refractivity contribution in [3.8, 4) is 0 Å². The van der Waals surface area contributed by atoms with Crippen LogP contribution in [0, 0.1) is 5.41 Å². The van der Waals surface area contributed by atoms with Gasteiger partial charge >= 0.3 is 0 Å². The third-order valence-electron chi connectivity index (χ3n) is 4.38. The Hall–Kier alpha value is -0.0800. The second-order valence-corrected chi connectivity index (χ2v) is 4.99. The van der Waals surface area contributed by atoms with Crippen LogP contribution in [0.1, 0.15) is 39.5 Å². The first kappa shape index (κ1) is 9.47. The molecule has 2 nitrogen and oxygen atoms in total. The molecule has 2 heteroatoms. The topological polar surface area (TPSA) is 29.3 Å². The molecule has 0 radical (unpaired) electrons. The van der Waals surface area contributed by atoms with Crippen LogP contribution < -0.4 is 5.73 Å². The third-order valence-corrected chi connectivity index (χ3v) is 4.38.